The van der Waals surface area contributed by atoms with Crippen LogP contribution in [-0.4, -0.2) is 66.8 Å². The predicted molar refractivity (Wildman–Crippen MR) is 80.0 cm³/mol. The van der Waals surface area contributed by atoms with Crippen LogP contribution in [0.3, 0.4) is 0 Å². The number of carbonyl (C=O) groups excluding carboxylic acids is 2. The van der Waals surface area contributed by atoms with Gasteiger partial charge in [0.1, 0.15) is 11.6 Å². The van der Waals surface area contributed by atoms with Crippen LogP contribution in [0.25, 0.3) is 0 Å². The first-order valence-corrected chi connectivity index (χ1v) is 7.35. The monoisotopic (exact) mass is 311 g/mol. The summed E-state index contributed by atoms with van der Waals surface area (Å²) >= 11 is 0. The molecule has 1 rings (SSSR count). The Morgan fingerprint density at radius 3 is 2.50 bits per heavy atom. The van der Waals surface area contributed by atoms with E-state index in [1.54, 1.807) is 34.9 Å². The Labute approximate surface area is 131 Å². The van der Waals surface area contributed by atoms with Gasteiger partial charge in [-0.3, -0.25) is 9.69 Å². The van der Waals surface area contributed by atoms with E-state index >= 15 is 0 Å². The highest BCUT2D eigenvalue weighted by Crippen LogP contribution is 2.24. The molecule has 0 N–H and O–H groups in total. The standard InChI is InChI=1S/C15H25N3O4/c1-15(2,3)22-14(20)18-10-11(21-8-6-7-16)9-12(18)13(19)17(4)5/h11-12H,6,8-10H2,1-5H3/t11-,12+/m1/s1. The zero-order chi connectivity index (χ0) is 16.9. The van der Waals surface area contributed by atoms with Crippen LogP contribution in [0.4, 0.5) is 4.79 Å². The molecule has 0 aromatic carbocycles. The quantitative estimate of drug-likeness (QED) is 0.733. The normalized spacial score (nSPS) is 21.4. The second-order valence-electron chi connectivity index (χ2n) is 6.52. The summed E-state index contributed by atoms with van der Waals surface area (Å²) in [6.07, 6.45) is -0.0643. The molecule has 2 atom stereocenters. The number of ether oxygens (including phenoxy) is 2. The lowest BCUT2D eigenvalue weighted by Gasteiger charge is -2.29. The number of likely N-dealkylation sites (N-methyl/N-ethyl adjacent to an activating group) is 1. The summed E-state index contributed by atoms with van der Waals surface area (Å²) in [7, 11) is 3.30. The van der Waals surface area contributed by atoms with Crippen LogP contribution in [0.1, 0.15) is 33.6 Å². The number of hydrogen-bond acceptors (Lipinski definition) is 5. The Hall–Kier alpha value is -1.81. The van der Waals surface area contributed by atoms with Crippen LogP contribution >= 0.6 is 0 Å². The van der Waals surface area contributed by atoms with Gasteiger partial charge in [-0.1, -0.05) is 0 Å². The summed E-state index contributed by atoms with van der Waals surface area (Å²) in [5.41, 5.74) is -0.622. The van der Waals surface area contributed by atoms with Gasteiger partial charge >= 0.3 is 6.09 Å². The molecule has 22 heavy (non-hydrogen) atoms. The molecular formula is C15H25N3O4. The van der Waals surface area contributed by atoms with Crippen LogP contribution in [0, 0.1) is 11.3 Å². The number of nitrogens with zero attached hydrogens (tertiary/aromatic N) is 3. The first-order chi connectivity index (χ1) is 10.2. The molecule has 0 saturated carbocycles. The Kier molecular flexibility index (Phi) is 6.18. The summed E-state index contributed by atoms with van der Waals surface area (Å²) in [6, 6.07) is 1.42. The summed E-state index contributed by atoms with van der Waals surface area (Å²) in [4.78, 5) is 27.4. The summed E-state index contributed by atoms with van der Waals surface area (Å²) < 4.78 is 10.9. The molecule has 1 fully saturated rings. The smallest absolute Gasteiger partial charge is 0.411 e. The van der Waals surface area contributed by atoms with Crippen molar-refractivity contribution in [2.45, 2.75) is 51.4 Å². The molecule has 124 valence electrons. The summed E-state index contributed by atoms with van der Waals surface area (Å²) in [5, 5.41) is 8.55. The van der Waals surface area contributed by atoms with Crippen molar-refractivity contribution < 1.29 is 19.1 Å². The lowest BCUT2D eigenvalue weighted by Crippen LogP contribution is -2.47. The van der Waals surface area contributed by atoms with E-state index < -0.39 is 17.7 Å². The van der Waals surface area contributed by atoms with Crippen LogP contribution in [0.2, 0.25) is 0 Å². The first kappa shape index (κ1) is 18.2. The molecule has 0 aromatic rings. The maximum absolute atomic E-state index is 12.3. The third-order valence-electron chi connectivity index (χ3n) is 3.18. The highest BCUT2D eigenvalue weighted by molar-refractivity contribution is 5.86. The van der Waals surface area contributed by atoms with Crippen LogP contribution in [-0.2, 0) is 14.3 Å². The van der Waals surface area contributed by atoms with Crippen molar-refractivity contribution >= 4 is 12.0 Å². The van der Waals surface area contributed by atoms with E-state index in [1.165, 1.54) is 9.80 Å². The van der Waals surface area contributed by atoms with Crippen molar-refractivity contribution in [3.05, 3.63) is 0 Å². The maximum atomic E-state index is 12.3. The van der Waals surface area contributed by atoms with Gasteiger partial charge in [0.2, 0.25) is 5.91 Å². The third-order valence-corrected chi connectivity index (χ3v) is 3.18. The van der Waals surface area contributed by atoms with Crippen molar-refractivity contribution in [2.24, 2.45) is 0 Å². The van der Waals surface area contributed by atoms with E-state index in [2.05, 4.69) is 0 Å². The Morgan fingerprint density at radius 2 is 2.00 bits per heavy atom. The molecule has 1 saturated heterocycles. The topological polar surface area (TPSA) is 82.9 Å². The molecule has 2 amide bonds. The van der Waals surface area contributed by atoms with Crippen LogP contribution < -0.4 is 0 Å². The van der Waals surface area contributed by atoms with Gasteiger partial charge in [-0.2, -0.15) is 5.26 Å². The molecule has 0 aliphatic carbocycles. The van der Waals surface area contributed by atoms with Gasteiger partial charge in [-0.25, -0.2) is 4.79 Å². The molecule has 0 aromatic heterocycles. The SMILES string of the molecule is CN(C)C(=O)[C@@H]1C[C@@H](OCCC#N)CN1C(=O)OC(C)(C)C. The highest BCUT2D eigenvalue weighted by Gasteiger charge is 2.42. The molecule has 1 heterocycles. The van der Waals surface area contributed by atoms with Crippen LogP contribution in [0.5, 0.6) is 0 Å². The first-order valence-electron chi connectivity index (χ1n) is 7.35. The Balaban J connectivity index is 2.78. The number of nitriles is 1. The molecule has 7 nitrogen and oxygen atoms in total. The van der Waals surface area contributed by atoms with Crippen LogP contribution in [0.15, 0.2) is 0 Å². The second kappa shape index (κ2) is 7.45. The van der Waals surface area contributed by atoms with Crippen molar-refractivity contribution in [3.8, 4) is 6.07 Å². The van der Waals surface area contributed by atoms with Crippen molar-refractivity contribution in [2.75, 3.05) is 27.2 Å². The fraction of sp³-hybridized carbons (Fsp3) is 0.800. The Bertz CT molecular complexity index is 451. The molecule has 7 heteroatoms. The molecule has 0 radical (unpaired) electrons. The van der Waals surface area contributed by atoms with Gasteiger partial charge in [0.15, 0.2) is 0 Å². The molecule has 0 spiro atoms. The second-order valence-corrected chi connectivity index (χ2v) is 6.52. The van der Waals surface area contributed by atoms with Gasteiger partial charge < -0.3 is 14.4 Å². The van der Waals surface area contributed by atoms with E-state index in [1.807, 2.05) is 6.07 Å². The zero-order valence-electron chi connectivity index (χ0n) is 14.0. The van der Waals surface area contributed by atoms with Gasteiger partial charge in [0.05, 0.1) is 31.7 Å². The average molecular weight is 311 g/mol. The fourth-order valence-electron chi connectivity index (χ4n) is 2.24. The predicted octanol–water partition coefficient (Wildman–Crippen LogP) is 1.38. The van der Waals surface area contributed by atoms with E-state index in [0.29, 0.717) is 19.6 Å². The lowest BCUT2D eigenvalue weighted by molar-refractivity contribution is -0.133. The summed E-state index contributed by atoms with van der Waals surface area (Å²) in [6.45, 7) is 5.94. The maximum Gasteiger partial charge on any atom is 0.411 e. The van der Waals surface area contributed by atoms with E-state index in [0.717, 1.165) is 0 Å². The number of carbonyl (C=O) groups is 2. The van der Waals surface area contributed by atoms with Crippen molar-refractivity contribution in [1.29, 1.82) is 5.26 Å². The average Bonchev–Trinajstić information content (AvgIpc) is 2.80. The molecule has 0 bridgehead atoms. The number of amides is 2. The Morgan fingerprint density at radius 1 is 1.36 bits per heavy atom. The fourth-order valence-corrected chi connectivity index (χ4v) is 2.24. The van der Waals surface area contributed by atoms with Gasteiger partial charge in [0.25, 0.3) is 0 Å². The van der Waals surface area contributed by atoms with Gasteiger partial charge in [0, 0.05) is 20.5 Å². The number of likely N-dealkylation sites (tertiary alicyclic amines) is 1. The van der Waals surface area contributed by atoms with E-state index in [4.69, 9.17) is 14.7 Å². The molecule has 1 aliphatic rings. The minimum Gasteiger partial charge on any atom is -0.444 e. The minimum atomic E-state index is -0.622. The molecule has 0 unspecified atom stereocenters. The molecular weight excluding hydrogens is 286 g/mol. The highest BCUT2D eigenvalue weighted by atomic mass is 16.6. The minimum absolute atomic E-state index is 0.155. The van der Waals surface area contributed by atoms with Crippen molar-refractivity contribution in [1.82, 2.24) is 9.80 Å². The van der Waals surface area contributed by atoms with Gasteiger partial charge in [-0.05, 0) is 20.8 Å². The summed E-state index contributed by atoms with van der Waals surface area (Å²) in [5.74, 6) is -0.155. The number of hydrogen-bond donors (Lipinski definition) is 0. The third kappa shape index (κ3) is 5.19. The largest absolute Gasteiger partial charge is 0.444 e. The van der Waals surface area contributed by atoms with E-state index in [9.17, 15) is 9.59 Å². The number of rotatable bonds is 4. The zero-order valence-corrected chi connectivity index (χ0v) is 14.0. The lowest BCUT2D eigenvalue weighted by atomic mass is 10.1. The van der Waals surface area contributed by atoms with Gasteiger partial charge in [-0.15, -0.1) is 0 Å². The van der Waals surface area contributed by atoms with Crippen molar-refractivity contribution in [3.63, 3.8) is 0 Å². The van der Waals surface area contributed by atoms with E-state index in [-0.39, 0.29) is 18.4 Å². The molecule has 1 aliphatic heterocycles.